The molecule has 1 atom stereocenters. The molecule has 0 bridgehead atoms. The summed E-state index contributed by atoms with van der Waals surface area (Å²) in [6, 6.07) is 0. The van der Waals surface area contributed by atoms with Gasteiger partial charge in [-0.15, -0.1) is 0 Å². The fourth-order valence-corrected chi connectivity index (χ4v) is 3.27. The number of carbonyl (C=O) groups excluding carboxylic acids is 1. The van der Waals surface area contributed by atoms with Crippen molar-refractivity contribution in [1.82, 2.24) is 5.32 Å². The molecule has 2 rings (SSSR count). The van der Waals surface area contributed by atoms with Gasteiger partial charge in [-0.2, -0.15) is 0 Å². The summed E-state index contributed by atoms with van der Waals surface area (Å²) in [5, 5.41) is 3.50. The molecule has 4 heteroatoms. The van der Waals surface area contributed by atoms with Crippen LogP contribution in [-0.2, 0) is 14.3 Å². The van der Waals surface area contributed by atoms with E-state index in [2.05, 4.69) is 5.32 Å². The van der Waals surface area contributed by atoms with Gasteiger partial charge in [0.05, 0.1) is 13.2 Å². The third kappa shape index (κ3) is 3.93. The van der Waals surface area contributed by atoms with Crippen molar-refractivity contribution in [1.29, 1.82) is 0 Å². The third-order valence-corrected chi connectivity index (χ3v) is 4.48. The summed E-state index contributed by atoms with van der Waals surface area (Å²) in [6.45, 7) is 1.63. The smallest absolute Gasteiger partial charge is 0.326 e. The van der Waals surface area contributed by atoms with Crippen LogP contribution < -0.4 is 5.32 Å². The molecule has 0 aromatic heterocycles. The van der Waals surface area contributed by atoms with Gasteiger partial charge in [-0.05, 0) is 25.7 Å². The molecule has 1 saturated heterocycles. The molecule has 1 N–H and O–H groups in total. The van der Waals surface area contributed by atoms with Gasteiger partial charge < -0.3 is 9.47 Å². The van der Waals surface area contributed by atoms with Gasteiger partial charge in [-0.25, -0.2) is 0 Å². The van der Waals surface area contributed by atoms with Gasteiger partial charge in [0.2, 0.25) is 0 Å². The van der Waals surface area contributed by atoms with Crippen LogP contribution >= 0.6 is 0 Å². The first-order valence-electron chi connectivity index (χ1n) is 7.72. The highest BCUT2D eigenvalue weighted by Gasteiger charge is 2.39. The van der Waals surface area contributed by atoms with E-state index in [1.165, 1.54) is 26.4 Å². The minimum absolute atomic E-state index is 0.0904. The summed E-state index contributed by atoms with van der Waals surface area (Å²) in [7, 11) is 1.50. The molecule has 0 amide bonds. The molecule has 2 aliphatic rings. The van der Waals surface area contributed by atoms with Gasteiger partial charge in [-0.3, -0.25) is 10.1 Å². The predicted molar refractivity (Wildman–Crippen MR) is 74.0 cm³/mol. The van der Waals surface area contributed by atoms with E-state index in [0.717, 1.165) is 51.7 Å². The van der Waals surface area contributed by atoms with Gasteiger partial charge in [-0.1, -0.05) is 32.1 Å². The van der Waals surface area contributed by atoms with E-state index in [1.54, 1.807) is 0 Å². The second-order valence-electron chi connectivity index (χ2n) is 5.86. The van der Waals surface area contributed by atoms with Crippen LogP contribution in [-0.4, -0.2) is 37.9 Å². The molecule has 1 aliphatic carbocycles. The molecule has 1 saturated carbocycles. The van der Waals surface area contributed by atoms with Crippen molar-refractivity contribution in [2.24, 2.45) is 0 Å². The van der Waals surface area contributed by atoms with Crippen molar-refractivity contribution in [2.45, 2.75) is 69.4 Å². The van der Waals surface area contributed by atoms with E-state index in [9.17, 15) is 4.79 Å². The summed E-state index contributed by atoms with van der Waals surface area (Å²) in [5.41, 5.74) is -0.471. The number of carbonyl (C=O) groups is 1. The van der Waals surface area contributed by atoms with Gasteiger partial charge in [0.25, 0.3) is 0 Å². The molecule has 4 nitrogen and oxygen atoms in total. The van der Waals surface area contributed by atoms with Crippen molar-refractivity contribution in [2.75, 3.05) is 20.3 Å². The normalized spacial score (nSPS) is 27.5. The van der Waals surface area contributed by atoms with E-state index in [4.69, 9.17) is 9.47 Å². The lowest BCUT2D eigenvalue weighted by atomic mass is 9.83. The summed E-state index contributed by atoms with van der Waals surface area (Å²) in [4.78, 5) is 12.2. The van der Waals surface area contributed by atoms with Crippen LogP contribution in [0, 0.1) is 0 Å². The number of hydrogen-bond donors (Lipinski definition) is 1. The van der Waals surface area contributed by atoms with Crippen LogP contribution in [0.3, 0.4) is 0 Å². The monoisotopic (exact) mass is 269 g/mol. The van der Waals surface area contributed by atoms with Crippen LogP contribution in [0.25, 0.3) is 0 Å². The zero-order valence-electron chi connectivity index (χ0n) is 12.1. The lowest BCUT2D eigenvalue weighted by Gasteiger charge is -2.34. The standard InChI is InChI=1S/C15H27NO3/c1-18-14(17)15(9-5-3-2-4-6-10-15)16-12-13-8-7-11-19-13/h13,16H,2-12H2,1H3. The summed E-state index contributed by atoms with van der Waals surface area (Å²) in [6.07, 6.45) is 10.2. The van der Waals surface area contributed by atoms with E-state index < -0.39 is 5.54 Å². The molecule has 0 aromatic rings. The number of rotatable bonds is 4. The van der Waals surface area contributed by atoms with Crippen molar-refractivity contribution in [3.8, 4) is 0 Å². The fourth-order valence-electron chi connectivity index (χ4n) is 3.27. The van der Waals surface area contributed by atoms with Crippen LogP contribution in [0.2, 0.25) is 0 Å². The summed E-state index contributed by atoms with van der Waals surface area (Å²) in [5.74, 6) is -0.0904. The molecular formula is C15H27NO3. The molecule has 2 fully saturated rings. The predicted octanol–water partition coefficient (Wildman–Crippen LogP) is 2.41. The van der Waals surface area contributed by atoms with Crippen molar-refractivity contribution >= 4 is 5.97 Å². The Morgan fingerprint density at radius 1 is 1.21 bits per heavy atom. The summed E-state index contributed by atoms with van der Waals surface area (Å²) < 4.78 is 10.7. The SMILES string of the molecule is COC(=O)C1(NCC2CCCO2)CCCCCCC1. The summed E-state index contributed by atoms with van der Waals surface area (Å²) >= 11 is 0. The van der Waals surface area contributed by atoms with E-state index in [-0.39, 0.29) is 12.1 Å². The molecule has 0 spiro atoms. The Kier molecular flexibility index (Phi) is 5.64. The second kappa shape index (κ2) is 7.25. The zero-order valence-corrected chi connectivity index (χ0v) is 12.1. The Morgan fingerprint density at radius 3 is 2.47 bits per heavy atom. The molecule has 0 radical (unpaired) electrons. The maximum atomic E-state index is 12.2. The molecule has 19 heavy (non-hydrogen) atoms. The minimum Gasteiger partial charge on any atom is -0.468 e. The Bertz CT molecular complexity index is 279. The van der Waals surface area contributed by atoms with E-state index in [1.807, 2.05) is 0 Å². The largest absolute Gasteiger partial charge is 0.468 e. The Balaban J connectivity index is 1.97. The first-order valence-corrected chi connectivity index (χ1v) is 7.72. The van der Waals surface area contributed by atoms with Crippen LogP contribution in [0.5, 0.6) is 0 Å². The highest BCUT2D eigenvalue weighted by Crippen LogP contribution is 2.28. The van der Waals surface area contributed by atoms with Crippen LogP contribution in [0.15, 0.2) is 0 Å². The quantitative estimate of drug-likeness (QED) is 0.796. The topological polar surface area (TPSA) is 47.6 Å². The third-order valence-electron chi connectivity index (χ3n) is 4.48. The number of ether oxygens (including phenoxy) is 2. The van der Waals surface area contributed by atoms with Crippen LogP contribution in [0.4, 0.5) is 0 Å². The Hall–Kier alpha value is -0.610. The highest BCUT2D eigenvalue weighted by molar-refractivity contribution is 5.80. The maximum absolute atomic E-state index is 12.2. The number of esters is 1. The van der Waals surface area contributed by atoms with Crippen molar-refractivity contribution < 1.29 is 14.3 Å². The van der Waals surface area contributed by atoms with Gasteiger partial charge in [0, 0.05) is 13.2 Å². The van der Waals surface area contributed by atoms with E-state index >= 15 is 0 Å². The van der Waals surface area contributed by atoms with E-state index in [0.29, 0.717) is 0 Å². The molecule has 1 aliphatic heterocycles. The fraction of sp³-hybridized carbons (Fsp3) is 0.933. The molecule has 1 unspecified atom stereocenters. The first kappa shape index (κ1) is 14.8. The molecule has 0 aromatic carbocycles. The minimum atomic E-state index is -0.471. The molecule has 110 valence electrons. The van der Waals surface area contributed by atoms with Crippen molar-refractivity contribution in [3.05, 3.63) is 0 Å². The molecular weight excluding hydrogens is 242 g/mol. The average Bonchev–Trinajstić information content (AvgIpc) is 2.90. The maximum Gasteiger partial charge on any atom is 0.326 e. The average molecular weight is 269 g/mol. The van der Waals surface area contributed by atoms with Gasteiger partial charge in [0.1, 0.15) is 5.54 Å². The molecule has 1 heterocycles. The number of nitrogens with one attached hydrogen (secondary N) is 1. The number of hydrogen-bond acceptors (Lipinski definition) is 4. The van der Waals surface area contributed by atoms with Gasteiger partial charge >= 0.3 is 5.97 Å². The lowest BCUT2D eigenvalue weighted by molar-refractivity contribution is -0.150. The van der Waals surface area contributed by atoms with Crippen LogP contribution in [0.1, 0.15) is 57.8 Å². The zero-order chi connectivity index (χ0) is 13.6. The lowest BCUT2D eigenvalue weighted by Crippen LogP contribution is -2.55. The Labute approximate surface area is 116 Å². The number of methoxy groups -OCH3 is 1. The highest BCUT2D eigenvalue weighted by atomic mass is 16.5. The second-order valence-corrected chi connectivity index (χ2v) is 5.86. The van der Waals surface area contributed by atoms with Gasteiger partial charge in [0.15, 0.2) is 0 Å². The van der Waals surface area contributed by atoms with Crippen molar-refractivity contribution in [3.63, 3.8) is 0 Å². The first-order chi connectivity index (χ1) is 9.27. The Morgan fingerprint density at radius 2 is 1.89 bits per heavy atom.